The fraction of sp³-hybridized carbons (Fsp3) is 0.222. The van der Waals surface area contributed by atoms with Gasteiger partial charge in [-0.1, -0.05) is 0 Å². The van der Waals surface area contributed by atoms with E-state index in [1.54, 1.807) is 40.9 Å². The van der Waals surface area contributed by atoms with Crippen molar-refractivity contribution in [1.82, 2.24) is 19.7 Å². The van der Waals surface area contributed by atoms with E-state index in [1.165, 1.54) is 18.5 Å². The van der Waals surface area contributed by atoms with Crippen LogP contribution in [0.25, 0.3) is 0 Å². The molecule has 1 aliphatic heterocycles. The molecule has 0 fully saturated rings. The Hall–Kier alpha value is -3.27. The molecule has 0 bridgehead atoms. The largest absolute Gasteiger partial charge is 0.306 e. The van der Waals surface area contributed by atoms with Crippen LogP contribution in [0.3, 0.4) is 0 Å². The Labute approximate surface area is 162 Å². The number of benzene rings is 1. The van der Waals surface area contributed by atoms with E-state index >= 15 is 0 Å². The number of carbonyl (C=O) groups is 1. The topological polar surface area (TPSA) is 110 Å². The lowest BCUT2D eigenvalue weighted by Gasteiger charge is -2.17. The molecule has 0 saturated heterocycles. The van der Waals surface area contributed by atoms with E-state index in [1.807, 2.05) is 6.92 Å². The predicted molar refractivity (Wildman–Crippen MR) is 103 cm³/mol. The Morgan fingerprint density at radius 3 is 2.61 bits per heavy atom. The van der Waals surface area contributed by atoms with Gasteiger partial charge in [-0.25, -0.2) is 23.1 Å². The SMILES string of the molecule is Cc1cc(C(=O)N2CCc3cc(S(=O)(=O)Nc4ncccn4)ccc32)n(C)n1. The van der Waals surface area contributed by atoms with Crippen molar-refractivity contribution in [1.29, 1.82) is 0 Å². The first-order chi connectivity index (χ1) is 13.3. The molecule has 3 heterocycles. The number of aromatic nitrogens is 4. The van der Waals surface area contributed by atoms with Gasteiger partial charge in [0.25, 0.3) is 15.9 Å². The van der Waals surface area contributed by atoms with Gasteiger partial charge in [-0.15, -0.1) is 0 Å². The Kier molecular flexibility index (Phi) is 4.34. The minimum absolute atomic E-state index is 0.00591. The molecule has 1 amide bonds. The van der Waals surface area contributed by atoms with E-state index in [-0.39, 0.29) is 16.8 Å². The molecule has 0 unspecified atom stereocenters. The summed E-state index contributed by atoms with van der Waals surface area (Å²) in [5.74, 6) is -0.153. The number of nitrogens with zero attached hydrogens (tertiary/aromatic N) is 5. The smallest absolute Gasteiger partial charge is 0.276 e. The lowest BCUT2D eigenvalue weighted by molar-refractivity contribution is 0.0980. The zero-order chi connectivity index (χ0) is 19.9. The number of rotatable bonds is 4. The second-order valence-corrected chi connectivity index (χ2v) is 8.15. The van der Waals surface area contributed by atoms with Gasteiger partial charge >= 0.3 is 0 Å². The van der Waals surface area contributed by atoms with Gasteiger partial charge in [0.05, 0.1) is 10.6 Å². The molecule has 1 aliphatic rings. The quantitative estimate of drug-likeness (QED) is 0.714. The second kappa shape index (κ2) is 6.71. The molecular formula is C18H18N6O3S. The zero-order valence-electron chi connectivity index (χ0n) is 15.3. The molecule has 0 atom stereocenters. The second-order valence-electron chi connectivity index (χ2n) is 6.47. The van der Waals surface area contributed by atoms with Crippen LogP contribution in [0, 0.1) is 6.92 Å². The van der Waals surface area contributed by atoms with Crippen molar-refractivity contribution < 1.29 is 13.2 Å². The fourth-order valence-corrected chi connectivity index (χ4v) is 4.24. The molecule has 0 aliphatic carbocycles. The lowest BCUT2D eigenvalue weighted by Crippen LogP contribution is -2.30. The van der Waals surface area contributed by atoms with Gasteiger partial charge in [0.2, 0.25) is 5.95 Å². The van der Waals surface area contributed by atoms with Crippen LogP contribution in [0.15, 0.2) is 47.6 Å². The van der Waals surface area contributed by atoms with Gasteiger partial charge in [-0.05, 0) is 49.2 Å². The lowest BCUT2D eigenvalue weighted by atomic mass is 10.2. The maximum atomic E-state index is 12.9. The predicted octanol–water partition coefficient (Wildman–Crippen LogP) is 1.52. The molecule has 1 aromatic carbocycles. The number of aryl methyl sites for hydroxylation is 2. The van der Waals surface area contributed by atoms with E-state index in [9.17, 15) is 13.2 Å². The van der Waals surface area contributed by atoms with Crippen LogP contribution in [0.5, 0.6) is 0 Å². The minimum Gasteiger partial charge on any atom is -0.306 e. The van der Waals surface area contributed by atoms with E-state index in [0.29, 0.717) is 24.3 Å². The van der Waals surface area contributed by atoms with Crippen LogP contribution < -0.4 is 9.62 Å². The van der Waals surface area contributed by atoms with Crippen molar-refractivity contribution in [3.63, 3.8) is 0 Å². The molecule has 144 valence electrons. The van der Waals surface area contributed by atoms with Gasteiger partial charge < -0.3 is 4.90 Å². The number of fused-ring (bicyclic) bond motifs is 1. The van der Waals surface area contributed by atoms with Crippen LogP contribution in [-0.4, -0.2) is 40.6 Å². The van der Waals surface area contributed by atoms with Crippen LogP contribution >= 0.6 is 0 Å². The summed E-state index contributed by atoms with van der Waals surface area (Å²) in [4.78, 5) is 22.4. The Morgan fingerprint density at radius 1 is 1.18 bits per heavy atom. The monoisotopic (exact) mass is 398 g/mol. The average molecular weight is 398 g/mol. The number of amides is 1. The highest BCUT2D eigenvalue weighted by Crippen LogP contribution is 2.31. The molecule has 0 saturated carbocycles. The standard InChI is InChI=1S/C18H18N6O3S/c1-12-10-16(23(2)21-12)17(25)24-9-6-13-11-14(4-5-15(13)24)28(26,27)22-18-19-7-3-8-20-18/h3-5,7-8,10-11H,6,9H2,1-2H3,(H,19,20,22). The van der Waals surface area contributed by atoms with Crippen LogP contribution in [-0.2, 0) is 23.5 Å². The highest BCUT2D eigenvalue weighted by molar-refractivity contribution is 7.92. The normalized spacial score (nSPS) is 13.4. The Morgan fingerprint density at radius 2 is 1.93 bits per heavy atom. The first-order valence-electron chi connectivity index (χ1n) is 8.60. The molecule has 0 spiro atoms. The number of carbonyl (C=O) groups excluding carboxylic acids is 1. The van der Waals surface area contributed by atoms with Crippen molar-refractivity contribution in [2.45, 2.75) is 18.2 Å². The Bertz CT molecular complexity index is 1160. The zero-order valence-corrected chi connectivity index (χ0v) is 16.1. The highest BCUT2D eigenvalue weighted by Gasteiger charge is 2.29. The summed E-state index contributed by atoms with van der Waals surface area (Å²) < 4.78 is 29.1. The average Bonchev–Trinajstić information content (AvgIpc) is 3.23. The van der Waals surface area contributed by atoms with Crippen molar-refractivity contribution in [3.8, 4) is 0 Å². The molecule has 0 radical (unpaired) electrons. The third-order valence-electron chi connectivity index (χ3n) is 4.51. The number of hydrogen-bond donors (Lipinski definition) is 1. The summed E-state index contributed by atoms with van der Waals surface area (Å²) in [6, 6.07) is 8.06. The first kappa shape index (κ1) is 18.1. The van der Waals surface area contributed by atoms with Crippen LogP contribution in [0.4, 0.5) is 11.6 Å². The van der Waals surface area contributed by atoms with Crippen LogP contribution in [0.2, 0.25) is 0 Å². The minimum atomic E-state index is -3.82. The summed E-state index contributed by atoms with van der Waals surface area (Å²) in [7, 11) is -2.09. The summed E-state index contributed by atoms with van der Waals surface area (Å²) in [5, 5.41) is 4.22. The summed E-state index contributed by atoms with van der Waals surface area (Å²) >= 11 is 0. The Balaban J connectivity index is 1.62. The maximum absolute atomic E-state index is 12.9. The maximum Gasteiger partial charge on any atom is 0.276 e. The van der Waals surface area contributed by atoms with Crippen LogP contribution in [0.1, 0.15) is 21.7 Å². The molecule has 4 rings (SSSR count). The van der Waals surface area contributed by atoms with Gasteiger partial charge in [0, 0.05) is 31.7 Å². The number of nitrogens with one attached hydrogen (secondary N) is 1. The molecule has 3 aromatic rings. The molecule has 9 nitrogen and oxygen atoms in total. The van der Waals surface area contributed by atoms with Crippen molar-refractivity contribution in [2.24, 2.45) is 7.05 Å². The molecule has 10 heteroatoms. The third-order valence-corrected chi connectivity index (χ3v) is 5.84. The third kappa shape index (κ3) is 3.22. The van der Waals surface area contributed by atoms with E-state index < -0.39 is 10.0 Å². The molecular weight excluding hydrogens is 380 g/mol. The first-order valence-corrected chi connectivity index (χ1v) is 10.1. The van der Waals surface area contributed by atoms with Gasteiger partial charge in [0.1, 0.15) is 5.69 Å². The van der Waals surface area contributed by atoms with Crippen molar-refractivity contribution in [2.75, 3.05) is 16.2 Å². The van der Waals surface area contributed by atoms with E-state index in [4.69, 9.17) is 0 Å². The van der Waals surface area contributed by atoms with Gasteiger partial charge in [-0.3, -0.25) is 9.48 Å². The van der Waals surface area contributed by atoms with Gasteiger partial charge in [-0.2, -0.15) is 5.10 Å². The van der Waals surface area contributed by atoms with E-state index in [0.717, 1.165) is 11.3 Å². The fourth-order valence-electron chi connectivity index (χ4n) is 3.24. The number of anilines is 2. The molecule has 1 N–H and O–H groups in total. The molecule has 28 heavy (non-hydrogen) atoms. The number of sulfonamides is 1. The molecule has 2 aromatic heterocycles. The summed E-state index contributed by atoms with van der Waals surface area (Å²) in [5.41, 5.74) is 2.76. The van der Waals surface area contributed by atoms with Crippen molar-refractivity contribution in [3.05, 3.63) is 59.7 Å². The summed E-state index contributed by atoms with van der Waals surface area (Å²) in [6.45, 7) is 2.31. The number of hydrogen-bond acceptors (Lipinski definition) is 6. The highest BCUT2D eigenvalue weighted by atomic mass is 32.2. The van der Waals surface area contributed by atoms with E-state index in [2.05, 4.69) is 19.8 Å². The van der Waals surface area contributed by atoms with Crippen molar-refractivity contribution >= 4 is 27.6 Å². The van der Waals surface area contributed by atoms with Gasteiger partial charge in [0.15, 0.2) is 0 Å². The summed E-state index contributed by atoms with van der Waals surface area (Å²) in [6.07, 6.45) is 3.48.